The minimum absolute atomic E-state index is 0. The molecule has 1 aliphatic rings. The zero-order valence-corrected chi connectivity index (χ0v) is 21.0. The number of oxazole rings is 1. The van der Waals surface area contributed by atoms with Crippen molar-refractivity contribution in [2.75, 3.05) is 26.2 Å². The SMILES string of the molecule is CCNC(=NCc1nc(C)c(C)o1)NCC(c1cccs1)N1CCC(C)CC1.I. The Kier molecular flexibility index (Phi) is 9.91. The molecule has 2 N–H and O–H groups in total. The van der Waals surface area contributed by atoms with Gasteiger partial charge in [-0.2, -0.15) is 0 Å². The molecule has 6 nitrogen and oxygen atoms in total. The summed E-state index contributed by atoms with van der Waals surface area (Å²) < 4.78 is 5.65. The van der Waals surface area contributed by atoms with Gasteiger partial charge in [-0.05, 0) is 64.1 Å². The molecule has 1 atom stereocenters. The summed E-state index contributed by atoms with van der Waals surface area (Å²) in [5, 5.41) is 9.05. The molecule has 1 fully saturated rings. The number of hydrogen-bond donors (Lipinski definition) is 2. The van der Waals surface area contributed by atoms with Gasteiger partial charge in [0.05, 0.1) is 11.7 Å². The van der Waals surface area contributed by atoms with Crippen molar-refractivity contribution in [2.24, 2.45) is 10.9 Å². The van der Waals surface area contributed by atoms with E-state index in [-0.39, 0.29) is 24.0 Å². The highest BCUT2D eigenvalue weighted by molar-refractivity contribution is 14.0. The van der Waals surface area contributed by atoms with E-state index in [2.05, 4.69) is 56.9 Å². The predicted octanol–water partition coefficient (Wildman–Crippen LogP) is 4.50. The molecule has 0 spiro atoms. The van der Waals surface area contributed by atoms with Crippen LogP contribution in [0.5, 0.6) is 0 Å². The van der Waals surface area contributed by atoms with Crippen LogP contribution >= 0.6 is 35.3 Å². The summed E-state index contributed by atoms with van der Waals surface area (Å²) in [6.07, 6.45) is 2.55. The number of rotatable bonds is 7. The van der Waals surface area contributed by atoms with Gasteiger partial charge in [-0.3, -0.25) is 4.90 Å². The summed E-state index contributed by atoms with van der Waals surface area (Å²) in [5.41, 5.74) is 0.931. The molecule has 0 amide bonds. The lowest BCUT2D eigenvalue weighted by Gasteiger charge is -2.36. The molecular weight excluding hydrogens is 497 g/mol. The van der Waals surface area contributed by atoms with Crippen molar-refractivity contribution in [1.29, 1.82) is 0 Å². The van der Waals surface area contributed by atoms with Gasteiger partial charge in [-0.15, -0.1) is 35.3 Å². The Labute approximate surface area is 195 Å². The Morgan fingerprint density at radius 1 is 1.34 bits per heavy atom. The Bertz CT molecular complexity index is 734. The molecule has 3 rings (SSSR count). The average molecular weight is 532 g/mol. The number of halogens is 1. The molecule has 0 aromatic carbocycles. The third kappa shape index (κ3) is 6.96. The molecule has 3 heterocycles. The van der Waals surface area contributed by atoms with Crippen molar-refractivity contribution in [2.45, 2.75) is 53.1 Å². The monoisotopic (exact) mass is 531 g/mol. The van der Waals surface area contributed by atoms with Gasteiger partial charge in [-0.25, -0.2) is 9.98 Å². The van der Waals surface area contributed by atoms with Gasteiger partial charge >= 0.3 is 0 Å². The lowest BCUT2D eigenvalue weighted by Crippen LogP contribution is -2.45. The second-order valence-electron chi connectivity index (χ2n) is 7.57. The lowest BCUT2D eigenvalue weighted by molar-refractivity contribution is 0.140. The molecule has 2 aromatic heterocycles. The van der Waals surface area contributed by atoms with Crippen LogP contribution in [0.4, 0.5) is 0 Å². The summed E-state index contributed by atoms with van der Waals surface area (Å²) in [5.74, 6) is 3.16. The maximum absolute atomic E-state index is 5.65. The van der Waals surface area contributed by atoms with Crippen LogP contribution in [0, 0.1) is 19.8 Å². The van der Waals surface area contributed by atoms with E-state index in [0.717, 1.165) is 49.5 Å². The van der Waals surface area contributed by atoms with Crippen LogP contribution in [0.15, 0.2) is 26.9 Å². The Morgan fingerprint density at radius 3 is 2.69 bits per heavy atom. The summed E-state index contributed by atoms with van der Waals surface area (Å²) in [6.45, 7) is 12.8. The summed E-state index contributed by atoms with van der Waals surface area (Å²) in [4.78, 5) is 13.1. The van der Waals surface area contributed by atoms with Crippen LogP contribution < -0.4 is 10.6 Å². The Morgan fingerprint density at radius 2 is 2.10 bits per heavy atom. The molecule has 0 bridgehead atoms. The topological polar surface area (TPSA) is 65.7 Å². The van der Waals surface area contributed by atoms with Crippen LogP contribution in [0.2, 0.25) is 0 Å². The third-order valence-corrected chi connectivity index (χ3v) is 6.36. The fourth-order valence-corrected chi connectivity index (χ4v) is 4.38. The van der Waals surface area contributed by atoms with Crippen LogP contribution in [0.25, 0.3) is 0 Å². The number of nitrogens with zero attached hydrogens (tertiary/aromatic N) is 3. The first-order valence-electron chi connectivity index (χ1n) is 10.3. The lowest BCUT2D eigenvalue weighted by atomic mass is 9.97. The van der Waals surface area contributed by atoms with Crippen LogP contribution in [0.1, 0.15) is 55.0 Å². The number of thiophene rings is 1. The molecule has 1 unspecified atom stereocenters. The molecular formula is C21H34IN5OS. The fourth-order valence-electron chi connectivity index (χ4n) is 3.52. The van der Waals surface area contributed by atoms with E-state index < -0.39 is 0 Å². The van der Waals surface area contributed by atoms with E-state index in [1.54, 1.807) is 0 Å². The molecule has 2 aromatic rings. The summed E-state index contributed by atoms with van der Waals surface area (Å²) >= 11 is 1.84. The summed E-state index contributed by atoms with van der Waals surface area (Å²) in [7, 11) is 0. The predicted molar refractivity (Wildman–Crippen MR) is 131 cm³/mol. The number of aryl methyl sites for hydroxylation is 2. The smallest absolute Gasteiger partial charge is 0.216 e. The van der Waals surface area contributed by atoms with Gasteiger partial charge in [0.2, 0.25) is 5.89 Å². The van der Waals surface area contributed by atoms with E-state index in [9.17, 15) is 0 Å². The van der Waals surface area contributed by atoms with Crippen molar-refractivity contribution >= 4 is 41.3 Å². The van der Waals surface area contributed by atoms with Crippen molar-refractivity contribution in [1.82, 2.24) is 20.5 Å². The number of guanidine groups is 1. The van der Waals surface area contributed by atoms with Crippen molar-refractivity contribution in [3.63, 3.8) is 0 Å². The number of aliphatic imine (C=N–C) groups is 1. The van der Waals surface area contributed by atoms with Gasteiger partial charge in [0.25, 0.3) is 0 Å². The van der Waals surface area contributed by atoms with Crippen LogP contribution in [-0.2, 0) is 6.54 Å². The number of piperidine rings is 1. The summed E-state index contributed by atoms with van der Waals surface area (Å²) in [6, 6.07) is 4.77. The highest BCUT2D eigenvalue weighted by Gasteiger charge is 2.25. The first-order valence-corrected chi connectivity index (χ1v) is 11.2. The van der Waals surface area contributed by atoms with E-state index in [4.69, 9.17) is 4.42 Å². The molecule has 0 radical (unpaired) electrons. The Balaban J connectivity index is 0.00000300. The second kappa shape index (κ2) is 11.9. The average Bonchev–Trinajstić information content (AvgIpc) is 3.31. The van der Waals surface area contributed by atoms with Crippen LogP contribution in [0.3, 0.4) is 0 Å². The fraction of sp³-hybridized carbons (Fsp3) is 0.619. The third-order valence-electron chi connectivity index (χ3n) is 5.38. The second-order valence-corrected chi connectivity index (χ2v) is 8.55. The van der Waals surface area contributed by atoms with Gasteiger partial charge < -0.3 is 15.1 Å². The minimum Gasteiger partial charge on any atom is -0.444 e. The van der Waals surface area contributed by atoms with Crippen molar-refractivity contribution in [3.8, 4) is 0 Å². The zero-order chi connectivity index (χ0) is 19.9. The first kappa shape index (κ1) is 24.1. The van der Waals surface area contributed by atoms with E-state index in [0.29, 0.717) is 18.5 Å². The quantitative estimate of drug-likeness (QED) is 0.313. The van der Waals surface area contributed by atoms with Crippen LogP contribution in [-0.4, -0.2) is 42.0 Å². The number of nitrogens with one attached hydrogen (secondary N) is 2. The molecule has 162 valence electrons. The normalized spacial score (nSPS) is 17.0. The highest BCUT2D eigenvalue weighted by atomic mass is 127. The first-order chi connectivity index (χ1) is 13.6. The molecule has 0 aliphatic carbocycles. The molecule has 1 saturated heterocycles. The van der Waals surface area contributed by atoms with Gasteiger partial charge in [-0.1, -0.05) is 13.0 Å². The van der Waals surface area contributed by atoms with Crippen molar-refractivity contribution < 1.29 is 4.42 Å². The van der Waals surface area contributed by atoms with E-state index in [1.807, 2.05) is 25.2 Å². The molecule has 29 heavy (non-hydrogen) atoms. The van der Waals surface area contributed by atoms with Gasteiger partial charge in [0.1, 0.15) is 12.3 Å². The van der Waals surface area contributed by atoms with E-state index in [1.165, 1.54) is 17.7 Å². The Hall–Kier alpha value is -1.13. The van der Waals surface area contributed by atoms with Gasteiger partial charge in [0, 0.05) is 18.0 Å². The van der Waals surface area contributed by atoms with Gasteiger partial charge in [0.15, 0.2) is 5.96 Å². The highest BCUT2D eigenvalue weighted by Crippen LogP contribution is 2.29. The minimum atomic E-state index is 0. The van der Waals surface area contributed by atoms with Crippen molar-refractivity contribution in [3.05, 3.63) is 39.7 Å². The number of aromatic nitrogens is 1. The maximum atomic E-state index is 5.65. The maximum Gasteiger partial charge on any atom is 0.216 e. The zero-order valence-electron chi connectivity index (χ0n) is 17.9. The largest absolute Gasteiger partial charge is 0.444 e. The molecule has 1 aliphatic heterocycles. The van der Waals surface area contributed by atoms with E-state index >= 15 is 0 Å². The standard InChI is InChI=1S/C21H33N5OS.HI/c1-5-22-21(24-14-20-25-16(3)17(4)27-20)23-13-18(19-7-6-12-28-19)26-10-8-15(2)9-11-26;/h6-7,12,15,18H,5,8-11,13-14H2,1-4H3,(H2,22,23,24);1H. The number of hydrogen-bond acceptors (Lipinski definition) is 5. The molecule has 8 heteroatoms. The number of likely N-dealkylation sites (tertiary alicyclic amines) is 1. The molecule has 0 saturated carbocycles.